The molecule has 0 atom stereocenters. The van der Waals surface area contributed by atoms with Crippen LogP contribution < -0.4 is 10.9 Å². The van der Waals surface area contributed by atoms with Gasteiger partial charge in [0.1, 0.15) is 0 Å². The van der Waals surface area contributed by atoms with Gasteiger partial charge in [-0.1, -0.05) is 18.2 Å². The van der Waals surface area contributed by atoms with Crippen molar-refractivity contribution in [3.63, 3.8) is 0 Å². The third-order valence-corrected chi connectivity index (χ3v) is 5.91. The molecule has 4 aromatic rings. The fourth-order valence-electron chi connectivity index (χ4n) is 3.67. The van der Waals surface area contributed by atoms with Crippen LogP contribution in [0.15, 0.2) is 56.6 Å². The summed E-state index contributed by atoms with van der Waals surface area (Å²) in [5.41, 5.74) is 0.534. The fourth-order valence-corrected chi connectivity index (χ4v) is 4.33. The van der Waals surface area contributed by atoms with Crippen LogP contribution in [-0.4, -0.2) is 41.0 Å². The Labute approximate surface area is 164 Å². The Morgan fingerprint density at radius 3 is 2.68 bits per heavy atom. The molecule has 0 saturated carbocycles. The third-order valence-electron chi connectivity index (χ3n) is 5.04. The van der Waals surface area contributed by atoms with Gasteiger partial charge in [0.25, 0.3) is 5.56 Å². The quantitative estimate of drug-likeness (QED) is 0.582. The van der Waals surface area contributed by atoms with Crippen molar-refractivity contribution in [3.05, 3.63) is 62.4 Å². The van der Waals surface area contributed by atoms with E-state index in [1.54, 1.807) is 11.3 Å². The fraction of sp³-hybridized carbons (Fsp3) is 0.190. The number of aliphatic imine (C=N–C) groups is 1. The van der Waals surface area contributed by atoms with Crippen LogP contribution in [0.25, 0.3) is 21.5 Å². The molecular weight excluding hydrogens is 372 g/mol. The van der Waals surface area contributed by atoms with Crippen LogP contribution in [-0.2, 0) is 6.54 Å². The van der Waals surface area contributed by atoms with Crippen LogP contribution in [0, 0.1) is 0 Å². The molecule has 2 aromatic heterocycles. The third kappa shape index (κ3) is 2.47. The zero-order valence-corrected chi connectivity index (χ0v) is 16.3. The topological polar surface area (TPSA) is 70.2 Å². The van der Waals surface area contributed by atoms with E-state index in [0.717, 1.165) is 26.7 Å². The number of hydrogen-bond acceptors (Lipinski definition) is 6. The SMILES string of the molecule is CN(C)CCn1c(O)c2cc3c(c4cccc(c1=O)c24)=NC(c1cccs1)=N3. The van der Waals surface area contributed by atoms with Crippen LogP contribution in [0.4, 0.5) is 5.69 Å². The number of rotatable bonds is 4. The highest BCUT2D eigenvalue weighted by Gasteiger charge is 2.21. The van der Waals surface area contributed by atoms with Crippen molar-refractivity contribution in [1.29, 1.82) is 0 Å². The number of pyridine rings is 1. The number of amidine groups is 1. The number of benzene rings is 2. The van der Waals surface area contributed by atoms with Crippen LogP contribution in [0.1, 0.15) is 4.88 Å². The van der Waals surface area contributed by atoms with E-state index in [-0.39, 0.29) is 11.4 Å². The molecule has 3 heterocycles. The van der Waals surface area contributed by atoms with E-state index in [2.05, 4.69) is 4.99 Å². The lowest BCUT2D eigenvalue weighted by Gasteiger charge is -2.16. The van der Waals surface area contributed by atoms with Gasteiger partial charge < -0.3 is 10.0 Å². The molecule has 5 rings (SSSR count). The molecule has 0 radical (unpaired) electrons. The predicted molar refractivity (Wildman–Crippen MR) is 113 cm³/mol. The van der Waals surface area contributed by atoms with E-state index in [4.69, 9.17) is 4.99 Å². The number of aromatic hydroxyl groups is 1. The molecule has 1 aliphatic rings. The first-order valence-electron chi connectivity index (χ1n) is 9.01. The molecule has 7 heteroatoms. The van der Waals surface area contributed by atoms with Gasteiger partial charge in [-0.15, -0.1) is 11.3 Å². The highest BCUT2D eigenvalue weighted by molar-refractivity contribution is 7.12. The molecule has 140 valence electrons. The Balaban J connectivity index is 1.83. The van der Waals surface area contributed by atoms with Gasteiger partial charge in [0.15, 0.2) is 5.84 Å². The maximum atomic E-state index is 13.0. The summed E-state index contributed by atoms with van der Waals surface area (Å²) in [7, 11) is 3.88. The lowest BCUT2D eigenvalue weighted by Crippen LogP contribution is -2.27. The Hall–Kier alpha value is -3.03. The molecule has 0 amide bonds. The first-order valence-corrected chi connectivity index (χ1v) is 9.89. The standard InChI is InChI=1S/C21H18N4O2S/c1-24(2)8-9-25-20(26)13-6-3-5-12-17(13)14(21(25)27)11-15-18(12)23-19(22-15)16-7-4-10-28-16/h3-7,10-11,27H,8-9H2,1-2H3. The van der Waals surface area contributed by atoms with Gasteiger partial charge in [-0.2, -0.15) is 0 Å². The second kappa shape index (κ2) is 6.25. The summed E-state index contributed by atoms with van der Waals surface area (Å²) < 4.78 is 1.44. The van der Waals surface area contributed by atoms with Crippen LogP contribution in [0.5, 0.6) is 5.88 Å². The number of thiophene rings is 1. The van der Waals surface area contributed by atoms with Gasteiger partial charge in [-0.05, 0) is 37.7 Å². The normalized spacial score (nSPS) is 13.3. The van der Waals surface area contributed by atoms with Gasteiger partial charge in [0.2, 0.25) is 5.88 Å². The first kappa shape index (κ1) is 17.1. The average molecular weight is 390 g/mol. The highest BCUT2D eigenvalue weighted by Crippen LogP contribution is 2.33. The summed E-state index contributed by atoms with van der Waals surface area (Å²) in [6.07, 6.45) is 0. The first-order chi connectivity index (χ1) is 13.5. The van der Waals surface area contributed by atoms with Crippen molar-refractivity contribution in [2.45, 2.75) is 6.54 Å². The minimum absolute atomic E-state index is 0.0156. The van der Waals surface area contributed by atoms with E-state index in [9.17, 15) is 9.90 Å². The van der Waals surface area contributed by atoms with Gasteiger partial charge in [0.05, 0.1) is 15.9 Å². The molecule has 2 aromatic carbocycles. The molecule has 0 fully saturated rings. The number of aromatic nitrogens is 1. The molecular formula is C21H18N4O2S. The number of hydrogen-bond donors (Lipinski definition) is 1. The highest BCUT2D eigenvalue weighted by atomic mass is 32.1. The van der Waals surface area contributed by atoms with Crippen molar-refractivity contribution in [3.8, 4) is 5.88 Å². The van der Waals surface area contributed by atoms with E-state index in [1.807, 2.05) is 60.8 Å². The molecule has 0 spiro atoms. The number of fused-ring (bicyclic) bond motifs is 2. The second-order valence-electron chi connectivity index (χ2n) is 7.13. The van der Waals surface area contributed by atoms with Crippen molar-refractivity contribution < 1.29 is 5.11 Å². The summed E-state index contributed by atoms with van der Waals surface area (Å²) in [5, 5.41) is 16.5. The summed E-state index contributed by atoms with van der Waals surface area (Å²) in [5.74, 6) is 0.654. The van der Waals surface area contributed by atoms with Crippen molar-refractivity contribution in [2.24, 2.45) is 9.98 Å². The lowest BCUT2D eigenvalue weighted by molar-refractivity contribution is 0.353. The van der Waals surface area contributed by atoms with E-state index in [1.165, 1.54) is 4.57 Å². The van der Waals surface area contributed by atoms with Gasteiger partial charge in [-0.3, -0.25) is 9.36 Å². The lowest BCUT2D eigenvalue weighted by atomic mass is 10.0. The predicted octanol–water partition coefficient (Wildman–Crippen LogP) is 2.91. The van der Waals surface area contributed by atoms with Crippen molar-refractivity contribution in [1.82, 2.24) is 9.47 Å². The molecule has 1 N–H and O–H groups in total. The van der Waals surface area contributed by atoms with E-state index >= 15 is 0 Å². The summed E-state index contributed by atoms with van der Waals surface area (Å²) >= 11 is 1.59. The molecule has 0 saturated heterocycles. The van der Waals surface area contributed by atoms with Gasteiger partial charge in [-0.25, -0.2) is 9.98 Å². The summed E-state index contributed by atoms with van der Waals surface area (Å²) in [6, 6.07) is 11.4. The van der Waals surface area contributed by atoms with Crippen molar-refractivity contribution in [2.75, 3.05) is 20.6 Å². The molecule has 0 unspecified atom stereocenters. The molecule has 0 bridgehead atoms. The Bertz CT molecular complexity index is 1370. The van der Waals surface area contributed by atoms with Crippen LogP contribution >= 0.6 is 11.3 Å². The monoisotopic (exact) mass is 390 g/mol. The summed E-state index contributed by atoms with van der Waals surface area (Å²) in [4.78, 5) is 25.4. The zero-order valence-electron chi connectivity index (χ0n) is 15.5. The average Bonchev–Trinajstić information content (AvgIpc) is 3.34. The Morgan fingerprint density at radius 2 is 1.93 bits per heavy atom. The molecule has 28 heavy (non-hydrogen) atoms. The van der Waals surface area contributed by atoms with Crippen molar-refractivity contribution >= 4 is 44.4 Å². The Morgan fingerprint density at radius 1 is 1.11 bits per heavy atom. The maximum absolute atomic E-state index is 13.0. The Kier molecular flexibility index (Phi) is 3.82. The van der Waals surface area contributed by atoms with E-state index < -0.39 is 0 Å². The molecule has 6 nitrogen and oxygen atoms in total. The molecule has 0 aliphatic carbocycles. The van der Waals surface area contributed by atoms with E-state index in [0.29, 0.717) is 29.7 Å². The minimum atomic E-state index is -0.185. The van der Waals surface area contributed by atoms with Gasteiger partial charge in [0, 0.05) is 34.6 Å². The largest absolute Gasteiger partial charge is 0.494 e. The molecule has 1 aliphatic heterocycles. The van der Waals surface area contributed by atoms with Gasteiger partial charge >= 0.3 is 0 Å². The maximum Gasteiger partial charge on any atom is 0.261 e. The smallest absolute Gasteiger partial charge is 0.261 e. The number of nitrogens with zero attached hydrogens (tertiary/aromatic N) is 4. The zero-order chi connectivity index (χ0) is 19.4. The minimum Gasteiger partial charge on any atom is -0.494 e. The summed E-state index contributed by atoms with van der Waals surface area (Å²) in [6.45, 7) is 1.07. The number of likely N-dealkylation sites (N-methyl/N-ethyl adjacent to an activating group) is 1. The van der Waals surface area contributed by atoms with Crippen LogP contribution in [0.2, 0.25) is 0 Å². The van der Waals surface area contributed by atoms with Crippen LogP contribution in [0.3, 0.4) is 0 Å². The second-order valence-corrected chi connectivity index (χ2v) is 8.08.